The number of anilines is 1. The van der Waals surface area contributed by atoms with Gasteiger partial charge in [-0.05, 0) is 25.5 Å². The Kier molecular flexibility index (Phi) is 6.27. The predicted octanol–water partition coefficient (Wildman–Crippen LogP) is 2.31. The maximum absolute atomic E-state index is 12.8. The Morgan fingerprint density at radius 1 is 1.10 bits per heavy atom. The Bertz CT molecular complexity index is 1120. The fourth-order valence-corrected chi connectivity index (χ4v) is 3.91. The van der Waals surface area contributed by atoms with Crippen molar-refractivity contribution >= 4 is 22.8 Å². The number of hydrogen-bond donors (Lipinski definition) is 0. The molecule has 0 saturated carbocycles. The molecule has 31 heavy (non-hydrogen) atoms. The van der Waals surface area contributed by atoms with E-state index in [1.165, 1.54) is 10.1 Å². The van der Waals surface area contributed by atoms with Crippen LogP contribution in [0.15, 0.2) is 47.4 Å². The van der Waals surface area contributed by atoms with Crippen molar-refractivity contribution in [3.8, 4) is 0 Å². The van der Waals surface area contributed by atoms with Crippen molar-refractivity contribution in [1.82, 2.24) is 19.4 Å². The molecule has 1 aliphatic rings. The first-order valence-corrected chi connectivity index (χ1v) is 10.7. The smallest absolute Gasteiger partial charge is 0.355 e. The first-order chi connectivity index (χ1) is 15.1. The van der Waals surface area contributed by atoms with Gasteiger partial charge >= 0.3 is 5.97 Å². The highest BCUT2D eigenvalue weighted by molar-refractivity contribution is 5.92. The molecule has 0 unspecified atom stereocenters. The molecule has 4 rings (SSSR count). The van der Waals surface area contributed by atoms with Crippen molar-refractivity contribution in [2.24, 2.45) is 0 Å². The molecule has 0 bridgehead atoms. The van der Waals surface area contributed by atoms with Crippen molar-refractivity contribution < 1.29 is 9.53 Å². The van der Waals surface area contributed by atoms with Gasteiger partial charge in [0.25, 0.3) is 5.56 Å². The molecule has 2 aromatic heterocycles. The number of carbonyl (C=O) groups excluding carboxylic acids is 1. The number of fused-ring (bicyclic) bond motifs is 1. The molecule has 0 atom stereocenters. The highest BCUT2D eigenvalue weighted by Crippen LogP contribution is 2.17. The van der Waals surface area contributed by atoms with Gasteiger partial charge < -0.3 is 14.2 Å². The molecule has 0 radical (unpaired) electrons. The van der Waals surface area contributed by atoms with E-state index in [1.807, 2.05) is 13.0 Å². The topological polar surface area (TPSA) is 80.6 Å². The normalized spacial score (nSPS) is 14.7. The lowest BCUT2D eigenvalue weighted by Gasteiger charge is -2.34. The Morgan fingerprint density at radius 2 is 1.84 bits per heavy atom. The zero-order valence-electron chi connectivity index (χ0n) is 18.0. The minimum atomic E-state index is -0.516. The quantitative estimate of drug-likeness (QED) is 0.565. The molecule has 1 aromatic carbocycles. The van der Waals surface area contributed by atoms with E-state index in [9.17, 15) is 9.59 Å². The van der Waals surface area contributed by atoms with Gasteiger partial charge in [0, 0.05) is 45.5 Å². The van der Waals surface area contributed by atoms with Crippen LogP contribution >= 0.6 is 0 Å². The van der Waals surface area contributed by atoms with E-state index < -0.39 is 5.97 Å². The van der Waals surface area contributed by atoms with Crippen LogP contribution in [0.4, 0.5) is 5.95 Å². The zero-order chi connectivity index (χ0) is 21.8. The van der Waals surface area contributed by atoms with Crippen molar-refractivity contribution in [2.45, 2.75) is 26.9 Å². The summed E-state index contributed by atoms with van der Waals surface area (Å²) in [6, 6.07) is 12.1. The summed E-state index contributed by atoms with van der Waals surface area (Å²) in [7, 11) is 0. The lowest BCUT2D eigenvalue weighted by molar-refractivity contribution is 0.0512. The van der Waals surface area contributed by atoms with E-state index >= 15 is 0 Å². The van der Waals surface area contributed by atoms with E-state index in [2.05, 4.69) is 44.0 Å². The zero-order valence-corrected chi connectivity index (χ0v) is 18.0. The second-order valence-corrected chi connectivity index (χ2v) is 7.52. The molecule has 3 heterocycles. The third-order valence-electron chi connectivity index (χ3n) is 5.55. The third kappa shape index (κ3) is 4.44. The number of carbonyl (C=O) groups is 1. The summed E-state index contributed by atoms with van der Waals surface area (Å²) in [5.41, 5.74) is 1.72. The molecule has 3 aromatic rings. The van der Waals surface area contributed by atoms with Crippen LogP contribution in [0.1, 0.15) is 29.9 Å². The van der Waals surface area contributed by atoms with Crippen LogP contribution in [0, 0.1) is 0 Å². The van der Waals surface area contributed by atoms with Gasteiger partial charge in [-0.2, -0.15) is 0 Å². The molecule has 0 amide bonds. The van der Waals surface area contributed by atoms with E-state index in [4.69, 9.17) is 4.74 Å². The second kappa shape index (κ2) is 9.26. The predicted molar refractivity (Wildman–Crippen MR) is 119 cm³/mol. The minimum absolute atomic E-state index is 0.221. The van der Waals surface area contributed by atoms with Crippen LogP contribution in [-0.4, -0.2) is 58.2 Å². The van der Waals surface area contributed by atoms with Gasteiger partial charge in [-0.15, -0.1) is 0 Å². The monoisotopic (exact) mass is 421 g/mol. The molecule has 1 fully saturated rings. The molecule has 0 N–H and O–H groups in total. The second-order valence-electron chi connectivity index (χ2n) is 7.52. The van der Waals surface area contributed by atoms with E-state index in [1.54, 1.807) is 19.2 Å². The average molecular weight is 422 g/mol. The van der Waals surface area contributed by atoms with Gasteiger partial charge in [0.05, 0.1) is 17.5 Å². The fourth-order valence-electron chi connectivity index (χ4n) is 3.91. The van der Waals surface area contributed by atoms with Crippen LogP contribution in [0.3, 0.4) is 0 Å². The Labute approximate surface area is 181 Å². The summed E-state index contributed by atoms with van der Waals surface area (Å²) < 4.78 is 6.53. The van der Waals surface area contributed by atoms with Crippen LogP contribution in [0.2, 0.25) is 0 Å². The van der Waals surface area contributed by atoms with Crippen LogP contribution in [0.5, 0.6) is 0 Å². The van der Waals surface area contributed by atoms with Crippen molar-refractivity contribution in [3.63, 3.8) is 0 Å². The van der Waals surface area contributed by atoms with Crippen molar-refractivity contribution in [1.29, 1.82) is 0 Å². The molecule has 8 heteroatoms. The Morgan fingerprint density at radius 3 is 2.52 bits per heavy atom. The van der Waals surface area contributed by atoms with Crippen LogP contribution in [0.25, 0.3) is 10.9 Å². The summed E-state index contributed by atoms with van der Waals surface area (Å²) in [6.07, 6.45) is 1.57. The van der Waals surface area contributed by atoms with E-state index in [0.29, 0.717) is 23.4 Å². The van der Waals surface area contributed by atoms with Crippen LogP contribution in [-0.2, 0) is 17.8 Å². The van der Waals surface area contributed by atoms with Gasteiger partial charge in [-0.3, -0.25) is 9.69 Å². The third-order valence-corrected chi connectivity index (χ3v) is 5.55. The number of rotatable bonds is 6. The fraction of sp³-hybridized carbons (Fsp3) is 0.391. The lowest BCUT2D eigenvalue weighted by Crippen LogP contribution is -2.46. The summed E-state index contributed by atoms with van der Waals surface area (Å²) in [6.45, 7) is 8.51. The average Bonchev–Trinajstić information content (AvgIpc) is 2.80. The number of esters is 1. The molecule has 8 nitrogen and oxygen atoms in total. The molecule has 1 saturated heterocycles. The number of benzene rings is 1. The maximum Gasteiger partial charge on any atom is 0.355 e. The van der Waals surface area contributed by atoms with Gasteiger partial charge in [-0.25, -0.2) is 14.8 Å². The molecule has 1 aliphatic heterocycles. The lowest BCUT2D eigenvalue weighted by atomic mass is 10.2. The van der Waals surface area contributed by atoms with E-state index in [0.717, 1.165) is 32.7 Å². The van der Waals surface area contributed by atoms with E-state index in [-0.39, 0.29) is 17.9 Å². The SMILES string of the molecule is CCOC(=O)c1cc2nc(N3CCN(Cc4ccccc4)CC3)ncc2c(=O)n1CC. The molecule has 0 spiro atoms. The van der Waals surface area contributed by atoms with Crippen molar-refractivity contribution in [3.05, 3.63) is 64.2 Å². The summed E-state index contributed by atoms with van der Waals surface area (Å²) in [5.74, 6) is 0.0633. The van der Waals surface area contributed by atoms with Crippen LogP contribution < -0.4 is 10.5 Å². The standard InChI is InChI=1S/C23H27N5O3/c1-3-28-20(22(30)31-4-2)14-19-18(21(28)29)15-24-23(25-19)27-12-10-26(11-13-27)16-17-8-6-5-7-9-17/h5-9,14-15H,3-4,10-13,16H2,1-2H3. The number of nitrogens with zero attached hydrogens (tertiary/aromatic N) is 5. The molecule has 0 aliphatic carbocycles. The largest absolute Gasteiger partial charge is 0.461 e. The highest BCUT2D eigenvalue weighted by atomic mass is 16.5. The molecular weight excluding hydrogens is 394 g/mol. The summed E-state index contributed by atoms with van der Waals surface area (Å²) in [5, 5.41) is 0.404. The Balaban J connectivity index is 1.55. The maximum atomic E-state index is 12.8. The number of pyridine rings is 1. The number of aromatic nitrogens is 3. The highest BCUT2D eigenvalue weighted by Gasteiger charge is 2.21. The van der Waals surface area contributed by atoms with Crippen molar-refractivity contribution in [2.75, 3.05) is 37.7 Å². The minimum Gasteiger partial charge on any atom is -0.461 e. The van der Waals surface area contributed by atoms with Gasteiger partial charge in [0.1, 0.15) is 5.69 Å². The number of piperazine rings is 1. The summed E-state index contributed by atoms with van der Waals surface area (Å²) in [4.78, 5) is 38.8. The van der Waals surface area contributed by atoms with Gasteiger partial charge in [0.15, 0.2) is 0 Å². The number of ether oxygens (including phenoxy) is 1. The van der Waals surface area contributed by atoms with Gasteiger partial charge in [-0.1, -0.05) is 30.3 Å². The first-order valence-electron chi connectivity index (χ1n) is 10.7. The Hall–Kier alpha value is -3.26. The first kappa shape index (κ1) is 21.0. The molecule has 162 valence electrons. The summed E-state index contributed by atoms with van der Waals surface area (Å²) >= 11 is 0. The number of hydrogen-bond acceptors (Lipinski definition) is 7. The molecular formula is C23H27N5O3. The van der Waals surface area contributed by atoms with Gasteiger partial charge in [0.2, 0.25) is 5.95 Å².